The van der Waals surface area contributed by atoms with Gasteiger partial charge in [0, 0.05) is 41.3 Å². The minimum Gasteiger partial charge on any atom is -0.496 e. The van der Waals surface area contributed by atoms with Gasteiger partial charge in [-0.1, -0.05) is 30.3 Å². The Balaban J connectivity index is 1.57. The fraction of sp³-hybridized carbons (Fsp3) is 0.167. The van der Waals surface area contributed by atoms with Gasteiger partial charge >= 0.3 is 6.18 Å². The molecule has 1 heterocycles. The molecule has 3 aromatic carbocycles. The van der Waals surface area contributed by atoms with Gasteiger partial charge in [-0.15, -0.1) is 0 Å². The van der Waals surface area contributed by atoms with Crippen LogP contribution >= 0.6 is 0 Å². The summed E-state index contributed by atoms with van der Waals surface area (Å²) < 4.78 is 56.7. The van der Waals surface area contributed by atoms with Gasteiger partial charge in [-0.2, -0.15) is 13.2 Å². The number of benzene rings is 3. The van der Waals surface area contributed by atoms with Crippen LogP contribution in [-0.2, 0) is 17.5 Å². The Morgan fingerprint density at radius 1 is 0.868 bits per heavy atom. The highest BCUT2D eigenvalue weighted by atomic mass is 19.4. The lowest BCUT2D eigenvalue weighted by molar-refractivity contribution is -0.137. The van der Waals surface area contributed by atoms with Crippen molar-refractivity contribution in [3.63, 3.8) is 0 Å². The zero-order valence-corrected chi connectivity index (χ0v) is 21.1. The number of para-hydroxylation sites is 1. The van der Waals surface area contributed by atoms with Crippen LogP contribution in [0.15, 0.2) is 79.0 Å². The van der Waals surface area contributed by atoms with Gasteiger partial charge < -0.3 is 18.8 Å². The molecule has 5 nitrogen and oxygen atoms in total. The molecule has 0 radical (unpaired) electrons. The molecule has 196 valence electrons. The largest absolute Gasteiger partial charge is 0.496 e. The first-order valence-electron chi connectivity index (χ1n) is 11.7. The molecule has 0 aliphatic carbocycles. The van der Waals surface area contributed by atoms with Crippen molar-refractivity contribution in [1.29, 1.82) is 0 Å². The molecule has 0 fully saturated rings. The minimum absolute atomic E-state index is 0.246. The van der Waals surface area contributed by atoms with Gasteiger partial charge in [0.25, 0.3) is 0 Å². The zero-order valence-electron chi connectivity index (χ0n) is 21.1. The number of fused-ring (bicyclic) bond motifs is 1. The summed E-state index contributed by atoms with van der Waals surface area (Å²) in [5.41, 5.74) is 2.37. The molecule has 1 aromatic heterocycles. The third-order valence-corrected chi connectivity index (χ3v) is 6.05. The molecule has 38 heavy (non-hydrogen) atoms. The van der Waals surface area contributed by atoms with Crippen LogP contribution in [0.2, 0.25) is 0 Å². The van der Waals surface area contributed by atoms with Gasteiger partial charge in [0.2, 0.25) is 0 Å². The average Bonchev–Trinajstić information content (AvgIpc) is 3.27. The quantitative estimate of drug-likeness (QED) is 0.222. The lowest BCUT2D eigenvalue weighted by atomic mass is 10.1. The van der Waals surface area contributed by atoms with Crippen molar-refractivity contribution in [3.05, 3.63) is 101 Å². The van der Waals surface area contributed by atoms with Crippen molar-refractivity contribution in [1.82, 2.24) is 4.57 Å². The number of ether oxygens (including phenoxy) is 3. The second-order valence-corrected chi connectivity index (χ2v) is 8.44. The van der Waals surface area contributed by atoms with E-state index < -0.39 is 11.7 Å². The first-order valence-corrected chi connectivity index (χ1v) is 11.7. The number of aromatic nitrogens is 1. The maximum atomic E-state index is 12.9. The Hall–Kier alpha value is -4.46. The third kappa shape index (κ3) is 5.91. The van der Waals surface area contributed by atoms with Crippen LogP contribution in [0.3, 0.4) is 0 Å². The van der Waals surface area contributed by atoms with E-state index in [4.69, 9.17) is 14.2 Å². The van der Waals surface area contributed by atoms with Gasteiger partial charge in [0.15, 0.2) is 5.78 Å². The van der Waals surface area contributed by atoms with E-state index >= 15 is 0 Å². The van der Waals surface area contributed by atoms with Crippen molar-refractivity contribution in [2.24, 2.45) is 0 Å². The number of carbonyl (C=O) groups is 1. The lowest BCUT2D eigenvalue weighted by Gasteiger charge is -2.12. The monoisotopic (exact) mass is 521 g/mol. The van der Waals surface area contributed by atoms with Crippen LogP contribution in [0.4, 0.5) is 13.2 Å². The van der Waals surface area contributed by atoms with E-state index in [1.54, 1.807) is 31.4 Å². The predicted molar refractivity (Wildman–Crippen MR) is 142 cm³/mol. The van der Waals surface area contributed by atoms with E-state index in [0.717, 1.165) is 34.2 Å². The van der Waals surface area contributed by atoms with Crippen molar-refractivity contribution < 1.29 is 32.2 Å². The Morgan fingerprint density at radius 2 is 1.50 bits per heavy atom. The molecule has 4 aromatic rings. The second kappa shape index (κ2) is 11.3. The molecule has 0 amide bonds. The molecule has 8 heteroatoms. The van der Waals surface area contributed by atoms with Gasteiger partial charge in [0.05, 0.1) is 32.5 Å². The Kier molecular flexibility index (Phi) is 7.90. The van der Waals surface area contributed by atoms with E-state index in [0.29, 0.717) is 29.4 Å². The van der Waals surface area contributed by atoms with Crippen molar-refractivity contribution in [3.8, 4) is 17.2 Å². The minimum atomic E-state index is -4.37. The fourth-order valence-corrected chi connectivity index (χ4v) is 4.12. The van der Waals surface area contributed by atoms with Crippen LogP contribution in [0, 0.1) is 0 Å². The van der Waals surface area contributed by atoms with E-state index in [1.165, 1.54) is 38.5 Å². The Bertz CT molecular complexity index is 1470. The standard InChI is InChI=1S/C30H26F3NO4/c1-36-24-16-28(37-2)26(29(17-24)38-3)15-14-23(35)13-10-21-19-34(27-7-5-4-6-25(21)27)18-20-8-11-22(12-9-20)30(31,32)33/h4-17,19H,18H2,1-3H3/b13-10+,15-14+. The number of hydrogen-bond acceptors (Lipinski definition) is 4. The van der Waals surface area contributed by atoms with Crippen LogP contribution in [0.25, 0.3) is 23.1 Å². The van der Waals surface area contributed by atoms with Crippen molar-refractivity contribution >= 4 is 28.8 Å². The summed E-state index contributed by atoms with van der Waals surface area (Å²) in [6.45, 7) is 0.386. The topological polar surface area (TPSA) is 49.7 Å². The molecule has 0 saturated heterocycles. The number of methoxy groups -OCH3 is 3. The zero-order chi connectivity index (χ0) is 27.3. The SMILES string of the molecule is COc1cc(OC)c(/C=C/C(=O)/C=C/c2cn(Cc3ccc(C(F)(F)F)cc3)c3ccccc23)c(OC)c1. The summed E-state index contributed by atoms with van der Waals surface area (Å²) in [7, 11) is 4.58. The molecule has 0 saturated carbocycles. The highest BCUT2D eigenvalue weighted by molar-refractivity contribution is 6.06. The first kappa shape index (κ1) is 26.6. The molecular formula is C30H26F3NO4. The van der Waals surface area contributed by atoms with E-state index in [-0.39, 0.29) is 5.78 Å². The Labute approximate surface area is 218 Å². The summed E-state index contributed by atoms with van der Waals surface area (Å²) in [5, 5.41) is 0.922. The maximum Gasteiger partial charge on any atom is 0.416 e. The van der Waals surface area contributed by atoms with E-state index in [9.17, 15) is 18.0 Å². The highest BCUT2D eigenvalue weighted by Gasteiger charge is 2.29. The summed E-state index contributed by atoms with van der Waals surface area (Å²) in [6.07, 6.45) is 3.74. The lowest BCUT2D eigenvalue weighted by Crippen LogP contribution is -2.05. The summed E-state index contributed by atoms with van der Waals surface area (Å²) in [4.78, 5) is 12.7. The van der Waals surface area contributed by atoms with Crippen LogP contribution < -0.4 is 14.2 Å². The van der Waals surface area contributed by atoms with Crippen LogP contribution in [0.1, 0.15) is 22.3 Å². The van der Waals surface area contributed by atoms with E-state index in [2.05, 4.69) is 0 Å². The number of halogens is 3. The predicted octanol–water partition coefficient (Wildman–Crippen LogP) is 7.03. The van der Waals surface area contributed by atoms with Crippen molar-refractivity contribution in [2.75, 3.05) is 21.3 Å². The van der Waals surface area contributed by atoms with Gasteiger partial charge in [-0.3, -0.25) is 4.79 Å². The van der Waals surface area contributed by atoms with Crippen molar-refractivity contribution in [2.45, 2.75) is 12.7 Å². The van der Waals surface area contributed by atoms with E-state index in [1.807, 2.05) is 35.0 Å². The Morgan fingerprint density at radius 3 is 2.11 bits per heavy atom. The molecular weight excluding hydrogens is 495 g/mol. The molecule has 0 N–H and O–H groups in total. The fourth-order valence-electron chi connectivity index (χ4n) is 4.12. The molecule has 0 atom stereocenters. The van der Waals surface area contributed by atoms with Crippen LogP contribution in [0.5, 0.6) is 17.2 Å². The normalized spacial score (nSPS) is 11.9. The molecule has 0 unspecified atom stereocenters. The van der Waals surface area contributed by atoms with Gasteiger partial charge in [-0.05, 0) is 48.1 Å². The second-order valence-electron chi connectivity index (χ2n) is 8.44. The molecule has 0 aliphatic rings. The number of carbonyl (C=O) groups excluding carboxylic acids is 1. The molecule has 0 bridgehead atoms. The number of rotatable bonds is 9. The number of ketones is 1. The third-order valence-electron chi connectivity index (χ3n) is 6.05. The first-order chi connectivity index (χ1) is 18.2. The average molecular weight is 522 g/mol. The maximum absolute atomic E-state index is 12.9. The highest BCUT2D eigenvalue weighted by Crippen LogP contribution is 2.35. The van der Waals surface area contributed by atoms with Gasteiger partial charge in [-0.25, -0.2) is 0 Å². The number of allylic oxidation sites excluding steroid dienone is 2. The smallest absolute Gasteiger partial charge is 0.416 e. The summed E-state index contributed by atoms with van der Waals surface area (Å²) >= 11 is 0. The molecule has 0 spiro atoms. The van der Waals surface area contributed by atoms with Crippen LogP contribution in [-0.4, -0.2) is 31.7 Å². The number of alkyl halides is 3. The molecule has 4 rings (SSSR count). The van der Waals surface area contributed by atoms with Gasteiger partial charge in [0.1, 0.15) is 17.2 Å². The molecule has 0 aliphatic heterocycles. The summed E-state index contributed by atoms with van der Waals surface area (Å²) in [5.74, 6) is 1.32. The summed E-state index contributed by atoms with van der Waals surface area (Å²) in [6, 6.07) is 16.2. The number of hydrogen-bond donors (Lipinski definition) is 0. The number of nitrogens with zero attached hydrogens (tertiary/aromatic N) is 1.